The first-order valence-corrected chi connectivity index (χ1v) is 4.82. The second-order valence-corrected chi connectivity index (χ2v) is 3.24. The highest BCUT2D eigenvalue weighted by molar-refractivity contribution is 6.28. The third kappa shape index (κ3) is 2.47. The minimum atomic E-state index is 0.119. The monoisotopic (exact) mass is 231 g/mol. The summed E-state index contributed by atoms with van der Waals surface area (Å²) in [4.78, 5) is 7.61. The molecule has 0 saturated carbocycles. The van der Waals surface area contributed by atoms with Gasteiger partial charge in [0.1, 0.15) is 5.75 Å². The lowest BCUT2D eigenvalue weighted by Crippen LogP contribution is -1.89. The normalized spacial score (nSPS) is 9.50. The smallest absolute Gasteiger partial charge is 0.225 e. The lowest BCUT2D eigenvalue weighted by Gasteiger charge is -2.03. The topological polar surface area (TPSA) is 58.8 Å². The van der Waals surface area contributed by atoms with Gasteiger partial charge in [-0.15, -0.1) is 0 Å². The van der Waals surface area contributed by atoms with Crippen molar-refractivity contribution < 1.29 is 4.74 Å². The number of halogens is 1. The largest absolute Gasteiger partial charge is 0.439 e. The van der Waals surface area contributed by atoms with Crippen molar-refractivity contribution in [1.82, 2.24) is 9.97 Å². The molecule has 5 heteroatoms. The molecule has 0 amide bonds. The summed E-state index contributed by atoms with van der Waals surface area (Å²) in [6.45, 7) is 0. The Bertz CT molecular complexity index is 551. The van der Waals surface area contributed by atoms with Gasteiger partial charge in [-0.3, -0.25) is 0 Å². The van der Waals surface area contributed by atoms with Crippen molar-refractivity contribution >= 4 is 11.6 Å². The van der Waals surface area contributed by atoms with Crippen LogP contribution >= 0.6 is 11.6 Å². The van der Waals surface area contributed by atoms with Crippen LogP contribution in [0.15, 0.2) is 36.5 Å². The number of ether oxygens (including phenoxy) is 1. The lowest BCUT2D eigenvalue weighted by atomic mass is 10.2. The van der Waals surface area contributed by atoms with Gasteiger partial charge in [0.25, 0.3) is 0 Å². The predicted octanol–water partition coefficient (Wildman–Crippen LogP) is 2.79. The number of nitriles is 1. The van der Waals surface area contributed by atoms with E-state index in [0.29, 0.717) is 17.2 Å². The Kier molecular flexibility index (Phi) is 2.99. The van der Waals surface area contributed by atoms with Gasteiger partial charge in [-0.1, -0.05) is 6.07 Å². The molecule has 0 bridgehead atoms. The molecule has 0 aliphatic heterocycles. The first kappa shape index (κ1) is 10.4. The average Bonchev–Trinajstić information content (AvgIpc) is 2.29. The summed E-state index contributed by atoms with van der Waals surface area (Å²) >= 11 is 5.62. The van der Waals surface area contributed by atoms with Crippen LogP contribution in [-0.4, -0.2) is 9.97 Å². The molecule has 0 N–H and O–H groups in total. The Morgan fingerprint density at radius 1 is 1.31 bits per heavy atom. The molecule has 16 heavy (non-hydrogen) atoms. The zero-order chi connectivity index (χ0) is 11.4. The molecule has 0 unspecified atom stereocenters. The highest BCUT2D eigenvalue weighted by Gasteiger charge is 2.00. The first-order chi connectivity index (χ1) is 7.78. The van der Waals surface area contributed by atoms with E-state index in [4.69, 9.17) is 21.6 Å². The Labute approximate surface area is 97.1 Å². The maximum atomic E-state index is 8.72. The van der Waals surface area contributed by atoms with Crippen LogP contribution in [-0.2, 0) is 0 Å². The van der Waals surface area contributed by atoms with E-state index in [1.54, 1.807) is 30.3 Å². The minimum absolute atomic E-state index is 0.119. The van der Waals surface area contributed by atoms with E-state index in [1.807, 2.05) is 6.07 Å². The van der Waals surface area contributed by atoms with E-state index in [9.17, 15) is 0 Å². The third-order valence-electron chi connectivity index (χ3n) is 1.79. The fourth-order valence-electron chi connectivity index (χ4n) is 1.13. The Morgan fingerprint density at radius 2 is 2.19 bits per heavy atom. The van der Waals surface area contributed by atoms with Gasteiger partial charge in [0.15, 0.2) is 0 Å². The Morgan fingerprint density at radius 3 is 2.94 bits per heavy atom. The SMILES string of the molecule is N#Cc1cccc(Oc2ccnc(Cl)n2)c1. The van der Waals surface area contributed by atoms with Crippen LogP contribution in [0.1, 0.15) is 5.56 Å². The minimum Gasteiger partial charge on any atom is -0.439 e. The summed E-state index contributed by atoms with van der Waals surface area (Å²) in [6, 6.07) is 10.4. The lowest BCUT2D eigenvalue weighted by molar-refractivity contribution is 0.461. The van der Waals surface area contributed by atoms with Crippen LogP contribution in [0.25, 0.3) is 0 Å². The molecule has 0 spiro atoms. The molecule has 2 rings (SSSR count). The van der Waals surface area contributed by atoms with Crippen molar-refractivity contribution in [2.75, 3.05) is 0 Å². The Balaban J connectivity index is 2.24. The molecular weight excluding hydrogens is 226 g/mol. The molecule has 0 aliphatic rings. The molecule has 2 aromatic rings. The molecule has 0 aliphatic carbocycles. The summed E-state index contributed by atoms with van der Waals surface area (Å²) < 4.78 is 5.42. The number of benzene rings is 1. The molecule has 1 heterocycles. The molecule has 0 fully saturated rings. The number of hydrogen-bond acceptors (Lipinski definition) is 4. The number of rotatable bonds is 2. The Hall–Kier alpha value is -2.12. The van der Waals surface area contributed by atoms with Gasteiger partial charge in [0.05, 0.1) is 11.6 Å². The van der Waals surface area contributed by atoms with Crippen molar-refractivity contribution in [2.24, 2.45) is 0 Å². The van der Waals surface area contributed by atoms with Crippen molar-refractivity contribution in [2.45, 2.75) is 0 Å². The van der Waals surface area contributed by atoms with Crippen molar-refractivity contribution in [3.8, 4) is 17.7 Å². The van der Waals surface area contributed by atoms with E-state index in [2.05, 4.69) is 9.97 Å². The molecule has 0 atom stereocenters. The van der Waals surface area contributed by atoms with E-state index in [1.165, 1.54) is 6.20 Å². The van der Waals surface area contributed by atoms with Crippen LogP contribution < -0.4 is 4.74 Å². The van der Waals surface area contributed by atoms with E-state index < -0.39 is 0 Å². The van der Waals surface area contributed by atoms with Gasteiger partial charge < -0.3 is 4.74 Å². The third-order valence-corrected chi connectivity index (χ3v) is 1.97. The van der Waals surface area contributed by atoms with Crippen LogP contribution in [0.4, 0.5) is 0 Å². The van der Waals surface area contributed by atoms with Gasteiger partial charge >= 0.3 is 0 Å². The average molecular weight is 232 g/mol. The highest BCUT2D eigenvalue weighted by atomic mass is 35.5. The van der Waals surface area contributed by atoms with Crippen molar-refractivity contribution in [3.63, 3.8) is 0 Å². The molecule has 4 nitrogen and oxygen atoms in total. The summed E-state index contributed by atoms with van der Waals surface area (Å²) in [5.41, 5.74) is 0.526. The van der Waals surface area contributed by atoms with Crippen LogP contribution in [0, 0.1) is 11.3 Å². The summed E-state index contributed by atoms with van der Waals surface area (Å²) in [5.74, 6) is 0.879. The van der Waals surface area contributed by atoms with Crippen molar-refractivity contribution in [1.29, 1.82) is 5.26 Å². The van der Waals surface area contributed by atoms with Crippen LogP contribution in [0.5, 0.6) is 11.6 Å². The quantitative estimate of drug-likeness (QED) is 0.746. The zero-order valence-corrected chi connectivity index (χ0v) is 8.85. The summed E-state index contributed by atoms with van der Waals surface area (Å²) in [5, 5.41) is 8.84. The molecular formula is C11H6ClN3O. The highest BCUT2D eigenvalue weighted by Crippen LogP contribution is 2.20. The van der Waals surface area contributed by atoms with Gasteiger partial charge in [-0.2, -0.15) is 10.2 Å². The zero-order valence-electron chi connectivity index (χ0n) is 8.09. The van der Waals surface area contributed by atoms with E-state index in [-0.39, 0.29) is 5.28 Å². The van der Waals surface area contributed by atoms with Crippen LogP contribution in [0.3, 0.4) is 0 Å². The molecule has 78 valence electrons. The molecule has 1 aromatic carbocycles. The summed E-state index contributed by atoms with van der Waals surface area (Å²) in [7, 11) is 0. The van der Waals surface area contributed by atoms with Gasteiger partial charge in [0.2, 0.25) is 11.2 Å². The van der Waals surface area contributed by atoms with Gasteiger partial charge in [-0.25, -0.2) is 4.98 Å². The first-order valence-electron chi connectivity index (χ1n) is 4.44. The molecule has 1 aromatic heterocycles. The molecule has 0 saturated heterocycles. The fraction of sp³-hybridized carbons (Fsp3) is 0. The fourth-order valence-corrected chi connectivity index (χ4v) is 1.27. The van der Waals surface area contributed by atoms with E-state index in [0.717, 1.165) is 0 Å². The number of nitrogens with zero attached hydrogens (tertiary/aromatic N) is 3. The maximum Gasteiger partial charge on any atom is 0.225 e. The molecule has 0 radical (unpaired) electrons. The number of hydrogen-bond donors (Lipinski definition) is 0. The maximum absolute atomic E-state index is 8.72. The van der Waals surface area contributed by atoms with Gasteiger partial charge in [-0.05, 0) is 29.8 Å². The predicted molar refractivity (Wildman–Crippen MR) is 58.3 cm³/mol. The van der Waals surface area contributed by atoms with E-state index >= 15 is 0 Å². The summed E-state index contributed by atoms with van der Waals surface area (Å²) in [6.07, 6.45) is 1.50. The second-order valence-electron chi connectivity index (χ2n) is 2.91. The number of aromatic nitrogens is 2. The van der Waals surface area contributed by atoms with Crippen molar-refractivity contribution in [3.05, 3.63) is 47.4 Å². The second kappa shape index (κ2) is 4.60. The van der Waals surface area contributed by atoms with Gasteiger partial charge in [0, 0.05) is 12.3 Å². The van der Waals surface area contributed by atoms with Crippen LogP contribution in [0.2, 0.25) is 5.28 Å². The standard InChI is InChI=1S/C11H6ClN3O/c12-11-14-5-4-10(15-11)16-9-3-1-2-8(6-9)7-13/h1-6H.